The van der Waals surface area contributed by atoms with Gasteiger partial charge in [-0.2, -0.15) is 0 Å². The van der Waals surface area contributed by atoms with Gasteiger partial charge in [0.15, 0.2) is 0 Å². The summed E-state index contributed by atoms with van der Waals surface area (Å²) in [5.41, 5.74) is 0.433. The van der Waals surface area contributed by atoms with Gasteiger partial charge in [0.1, 0.15) is 5.75 Å². The first-order valence-electron chi connectivity index (χ1n) is 3.32. The Hall–Kier alpha value is -0.730. The van der Waals surface area contributed by atoms with Gasteiger partial charge in [0, 0.05) is 0 Å². The highest BCUT2D eigenvalue weighted by atomic mass is 35.5. The van der Waals surface area contributed by atoms with Gasteiger partial charge in [-0.25, -0.2) is 0 Å². The number of para-hydroxylation sites is 1. The van der Waals surface area contributed by atoms with Gasteiger partial charge in [0.2, 0.25) is 5.78 Å². The van der Waals surface area contributed by atoms with Crippen LogP contribution >= 0.6 is 23.2 Å². The van der Waals surface area contributed by atoms with Crippen molar-refractivity contribution in [1.29, 1.82) is 0 Å². The first-order valence-corrected chi connectivity index (χ1v) is 4.07. The van der Waals surface area contributed by atoms with Crippen molar-refractivity contribution in [3.05, 3.63) is 29.8 Å². The number of ether oxygens (including phenoxy) is 1. The van der Waals surface area contributed by atoms with Gasteiger partial charge in [0.05, 0.1) is 5.56 Å². The van der Waals surface area contributed by atoms with Gasteiger partial charge >= 0.3 is 4.52 Å². The summed E-state index contributed by atoms with van der Waals surface area (Å²) in [6, 6.07) is 6.76. The molecule has 0 fully saturated rings. The predicted molar refractivity (Wildman–Crippen MR) is 45.8 cm³/mol. The van der Waals surface area contributed by atoms with Crippen LogP contribution in [0.5, 0.6) is 5.75 Å². The zero-order valence-electron chi connectivity index (χ0n) is 5.88. The molecule has 0 aliphatic carbocycles. The van der Waals surface area contributed by atoms with E-state index in [0.29, 0.717) is 11.3 Å². The SMILES string of the molecule is O=C1c2ccccc2OC1(Cl)Cl. The molecule has 0 saturated carbocycles. The lowest BCUT2D eigenvalue weighted by Gasteiger charge is -2.08. The second kappa shape index (κ2) is 2.38. The van der Waals surface area contributed by atoms with E-state index in [1.54, 1.807) is 24.3 Å². The van der Waals surface area contributed by atoms with Crippen LogP contribution in [0.4, 0.5) is 0 Å². The molecule has 0 unspecified atom stereocenters. The van der Waals surface area contributed by atoms with Gasteiger partial charge in [-0.15, -0.1) is 0 Å². The van der Waals surface area contributed by atoms with Crippen LogP contribution in [-0.2, 0) is 0 Å². The van der Waals surface area contributed by atoms with E-state index in [1.807, 2.05) is 0 Å². The summed E-state index contributed by atoms with van der Waals surface area (Å²) in [4.78, 5) is 11.3. The number of hydrogen-bond acceptors (Lipinski definition) is 2. The van der Waals surface area contributed by atoms with Gasteiger partial charge < -0.3 is 4.74 Å². The highest BCUT2D eigenvalue weighted by Gasteiger charge is 2.44. The molecule has 62 valence electrons. The fraction of sp³-hybridized carbons (Fsp3) is 0.125. The molecule has 1 aromatic rings. The molecule has 0 aromatic heterocycles. The van der Waals surface area contributed by atoms with Crippen LogP contribution in [0.25, 0.3) is 0 Å². The zero-order valence-corrected chi connectivity index (χ0v) is 7.39. The number of halogens is 2. The smallest absolute Gasteiger partial charge is 0.323 e. The number of ketones is 1. The van der Waals surface area contributed by atoms with Crippen molar-refractivity contribution in [1.82, 2.24) is 0 Å². The number of benzene rings is 1. The number of carbonyl (C=O) groups is 1. The van der Waals surface area contributed by atoms with E-state index < -0.39 is 10.3 Å². The van der Waals surface area contributed by atoms with Gasteiger partial charge in [-0.3, -0.25) is 4.79 Å². The summed E-state index contributed by atoms with van der Waals surface area (Å²) < 4.78 is 3.26. The summed E-state index contributed by atoms with van der Waals surface area (Å²) in [5, 5.41) is 0. The lowest BCUT2D eigenvalue weighted by atomic mass is 10.1. The number of rotatable bonds is 0. The molecular formula is C8H4Cl2O2. The molecule has 4 heteroatoms. The van der Waals surface area contributed by atoms with Gasteiger partial charge in [0.25, 0.3) is 0 Å². The minimum absolute atomic E-state index is 0.401. The first kappa shape index (κ1) is 7.90. The Morgan fingerprint density at radius 2 is 1.92 bits per heavy atom. The molecule has 0 bridgehead atoms. The van der Waals surface area contributed by atoms with Crippen LogP contribution in [0, 0.1) is 0 Å². The fourth-order valence-electron chi connectivity index (χ4n) is 1.08. The topological polar surface area (TPSA) is 26.3 Å². The molecule has 12 heavy (non-hydrogen) atoms. The minimum Gasteiger partial charge on any atom is -0.450 e. The van der Waals surface area contributed by atoms with Crippen molar-refractivity contribution >= 4 is 29.0 Å². The predicted octanol–water partition coefficient (Wildman–Crippen LogP) is 2.39. The van der Waals surface area contributed by atoms with E-state index in [0.717, 1.165) is 0 Å². The molecular weight excluding hydrogens is 199 g/mol. The standard InChI is InChI=1S/C8H4Cl2O2/c9-8(10)7(11)5-3-1-2-4-6(5)12-8/h1-4H. The minimum atomic E-state index is -1.73. The number of carbonyl (C=O) groups excluding carboxylic acids is 1. The maximum Gasteiger partial charge on any atom is 0.323 e. The second-order valence-electron chi connectivity index (χ2n) is 2.44. The highest BCUT2D eigenvalue weighted by molar-refractivity contribution is 6.59. The Balaban J connectivity index is 2.57. The van der Waals surface area contributed by atoms with E-state index in [1.165, 1.54) is 0 Å². The molecule has 1 heterocycles. The van der Waals surface area contributed by atoms with E-state index in [9.17, 15) is 4.79 Å². The zero-order chi connectivity index (χ0) is 8.77. The molecule has 0 amide bonds. The van der Waals surface area contributed by atoms with Crippen LogP contribution in [0.15, 0.2) is 24.3 Å². The van der Waals surface area contributed by atoms with Crippen molar-refractivity contribution in [2.75, 3.05) is 0 Å². The van der Waals surface area contributed by atoms with Crippen LogP contribution < -0.4 is 4.74 Å². The molecule has 2 nitrogen and oxygen atoms in total. The van der Waals surface area contributed by atoms with Gasteiger partial charge in [-0.05, 0) is 35.3 Å². The second-order valence-corrected chi connectivity index (χ2v) is 3.70. The Labute approximate surface area is 79.0 Å². The molecule has 0 spiro atoms. The van der Waals surface area contributed by atoms with E-state index in [4.69, 9.17) is 27.9 Å². The monoisotopic (exact) mass is 202 g/mol. The summed E-state index contributed by atoms with van der Waals surface area (Å²) >= 11 is 11.2. The molecule has 2 rings (SSSR count). The van der Waals surface area contributed by atoms with Crippen LogP contribution in [-0.4, -0.2) is 10.3 Å². The molecule has 0 radical (unpaired) electrons. The van der Waals surface area contributed by atoms with Crippen molar-refractivity contribution < 1.29 is 9.53 Å². The van der Waals surface area contributed by atoms with E-state index in [2.05, 4.69) is 0 Å². The Kier molecular flexibility index (Phi) is 1.56. The molecule has 1 aliphatic heterocycles. The number of fused-ring (bicyclic) bond motifs is 1. The Bertz CT molecular complexity index is 347. The van der Waals surface area contributed by atoms with E-state index >= 15 is 0 Å². The van der Waals surface area contributed by atoms with Crippen LogP contribution in [0.3, 0.4) is 0 Å². The van der Waals surface area contributed by atoms with E-state index in [-0.39, 0.29) is 0 Å². The summed E-state index contributed by atoms with van der Waals surface area (Å²) in [7, 11) is 0. The summed E-state index contributed by atoms with van der Waals surface area (Å²) in [6.07, 6.45) is 0. The van der Waals surface area contributed by atoms with Gasteiger partial charge in [-0.1, -0.05) is 12.1 Å². The van der Waals surface area contributed by atoms with Crippen LogP contribution in [0.2, 0.25) is 0 Å². The normalized spacial score (nSPS) is 18.7. The van der Waals surface area contributed by atoms with Crippen molar-refractivity contribution in [2.45, 2.75) is 4.52 Å². The number of Topliss-reactive ketones (excluding diaryl/α,β-unsaturated/α-hetero) is 1. The molecule has 1 aromatic carbocycles. The maximum absolute atomic E-state index is 11.3. The molecule has 0 N–H and O–H groups in total. The number of alkyl halides is 2. The van der Waals surface area contributed by atoms with Crippen LogP contribution in [0.1, 0.15) is 10.4 Å². The third-order valence-corrected chi connectivity index (χ3v) is 2.13. The fourth-order valence-corrected chi connectivity index (χ4v) is 1.45. The Morgan fingerprint density at radius 1 is 1.25 bits per heavy atom. The Morgan fingerprint density at radius 3 is 2.58 bits per heavy atom. The molecule has 0 atom stereocenters. The summed E-state index contributed by atoms with van der Waals surface area (Å²) in [5.74, 6) is 0.0360. The molecule has 0 saturated heterocycles. The quantitative estimate of drug-likeness (QED) is 0.605. The number of hydrogen-bond donors (Lipinski definition) is 0. The lowest BCUT2D eigenvalue weighted by Crippen LogP contribution is -2.25. The molecule has 1 aliphatic rings. The average molecular weight is 203 g/mol. The van der Waals surface area contributed by atoms with Crippen molar-refractivity contribution in [3.63, 3.8) is 0 Å². The lowest BCUT2D eigenvalue weighted by molar-refractivity contribution is 0.0896. The van der Waals surface area contributed by atoms with Crippen molar-refractivity contribution in [3.8, 4) is 5.75 Å². The largest absolute Gasteiger partial charge is 0.450 e. The average Bonchev–Trinajstić information content (AvgIpc) is 2.24. The maximum atomic E-state index is 11.3. The van der Waals surface area contributed by atoms with Crippen molar-refractivity contribution in [2.24, 2.45) is 0 Å². The summed E-state index contributed by atoms with van der Waals surface area (Å²) in [6.45, 7) is 0. The third kappa shape index (κ3) is 0.993. The first-order chi connectivity index (χ1) is 5.61. The highest BCUT2D eigenvalue weighted by Crippen LogP contribution is 2.39. The third-order valence-electron chi connectivity index (χ3n) is 1.63.